The fourth-order valence-electron chi connectivity index (χ4n) is 3.81. The van der Waals surface area contributed by atoms with Crippen LogP contribution in [0.5, 0.6) is 0 Å². The molecule has 0 radical (unpaired) electrons. The van der Waals surface area contributed by atoms with E-state index in [2.05, 4.69) is 27.3 Å². The lowest BCUT2D eigenvalue weighted by Gasteiger charge is -2.49. The molecule has 4 rings (SSSR count). The van der Waals surface area contributed by atoms with E-state index in [0.717, 1.165) is 30.9 Å². The van der Waals surface area contributed by atoms with E-state index in [-0.39, 0.29) is 6.03 Å². The molecule has 138 valence electrons. The van der Waals surface area contributed by atoms with Gasteiger partial charge >= 0.3 is 6.03 Å². The Balaban J connectivity index is 1.30. The zero-order chi connectivity index (χ0) is 18.1. The zero-order valence-corrected chi connectivity index (χ0v) is 15.3. The second-order valence-electron chi connectivity index (χ2n) is 7.30. The fraction of sp³-hybridized carbons (Fsp3) is 0.526. The molecule has 2 amide bonds. The highest BCUT2D eigenvalue weighted by atomic mass is 16.5. The minimum atomic E-state index is -0.0349. The van der Waals surface area contributed by atoms with Crippen molar-refractivity contribution in [2.24, 2.45) is 0 Å². The number of carbonyl (C=O) groups is 1. The number of nitrogens with zero attached hydrogens (tertiary/aromatic N) is 4. The number of aryl methyl sites for hydroxylation is 1. The molecule has 1 aromatic carbocycles. The number of aromatic nitrogens is 2. The van der Waals surface area contributed by atoms with E-state index in [1.54, 1.807) is 6.92 Å². The van der Waals surface area contributed by atoms with Crippen LogP contribution in [-0.2, 0) is 0 Å². The highest BCUT2D eigenvalue weighted by Crippen LogP contribution is 2.25. The van der Waals surface area contributed by atoms with Crippen molar-refractivity contribution in [1.82, 2.24) is 19.9 Å². The third-order valence-electron chi connectivity index (χ3n) is 5.38. The molecular formula is C19H25N5O2. The van der Waals surface area contributed by atoms with Crippen LogP contribution in [0.2, 0.25) is 0 Å². The topological polar surface area (TPSA) is 74.5 Å². The van der Waals surface area contributed by atoms with Gasteiger partial charge in [-0.25, -0.2) is 4.79 Å². The number of piperidine rings is 1. The summed E-state index contributed by atoms with van der Waals surface area (Å²) in [5.41, 5.74) is 1.61. The lowest BCUT2D eigenvalue weighted by Crippen LogP contribution is -2.64. The first-order valence-corrected chi connectivity index (χ1v) is 9.32. The number of hydrogen-bond donors (Lipinski definition) is 1. The van der Waals surface area contributed by atoms with E-state index in [1.807, 2.05) is 29.2 Å². The van der Waals surface area contributed by atoms with Crippen molar-refractivity contribution in [2.75, 3.05) is 25.0 Å². The largest absolute Gasteiger partial charge is 0.334 e. The Morgan fingerprint density at radius 1 is 1.23 bits per heavy atom. The number of urea groups is 1. The molecule has 26 heavy (non-hydrogen) atoms. The van der Waals surface area contributed by atoms with Gasteiger partial charge in [-0.3, -0.25) is 4.90 Å². The summed E-state index contributed by atoms with van der Waals surface area (Å²) in [6.07, 6.45) is 3.88. The minimum absolute atomic E-state index is 0.0349. The van der Waals surface area contributed by atoms with Crippen molar-refractivity contribution in [1.29, 1.82) is 0 Å². The second-order valence-corrected chi connectivity index (χ2v) is 7.30. The Bertz CT molecular complexity index is 766. The van der Waals surface area contributed by atoms with Gasteiger partial charge in [0, 0.05) is 36.4 Å². The van der Waals surface area contributed by atoms with E-state index in [9.17, 15) is 4.79 Å². The molecule has 2 aromatic rings. The summed E-state index contributed by atoms with van der Waals surface area (Å²) in [6, 6.07) is 8.58. The molecule has 7 nitrogen and oxygen atoms in total. The maximum atomic E-state index is 12.4. The van der Waals surface area contributed by atoms with Crippen molar-refractivity contribution < 1.29 is 9.32 Å². The second kappa shape index (κ2) is 7.07. The van der Waals surface area contributed by atoms with Crippen LogP contribution in [0.25, 0.3) is 11.5 Å². The Hall–Kier alpha value is -2.41. The molecular weight excluding hydrogens is 330 g/mol. The SMILES string of the molecule is Cc1noc(-c2ccc(NC(=O)N3CC(N4CCCC[C@@H]4C)C3)cc2)n1. The highest BCUT2D eigenvalue weighted by Gasteiger charge is 2.37. The van der Waals surface area contributed by atoms with Crippen LogP contribution in [0.4, 0.5) is 10.5 Å². The van der Waals surface area contributed by atoms with Crippen LogP contribution >= 0.6 is 0 Å². The Kier molecular flexibility index (Phi) is 4.63. The van der Waals surface area contributed by atoms with Gasteiger partial charge in [-0.2, -0.15) is 4.98 Å². The molecule has 2 saturated heterocycles. The van der Waals surface area contributed by atoms with Crippen LogP contribution in [0.1, 0.15) is 32.0 Å². The molecule has 0 spiro atoms. The van der Waals surface area contributed by atoms with Gasteiger partial charge in [0.2, 0.25) is 0 Å². The predicted octanol–water partition coefficient (Wildman–Crippen LogP) is 3.14. The molecule has 2 aliphatic rings. The summed E-state index contributed by atoms with van der Waals surface area (Å²) in [5.74, 6) is 1.09. The van der Waals surface area contributed by atoms with E-state index in [4.69, 9.17) is 4.52 Å². The molecule has 1 aromatic heterocycles. The Morgan fingerprint density at radius 2 is 2.00 bits per heavy atom. The van der Waals surface area contributed by atoms with E-state index in [1.165, 1.54) is 19.3 Å². The number of rotatable bonds is 3. The summed E-state index contributed by atoms with van der Waals surface area (Å²) in [6.45, 7) is 6.88. The van der Waals surface area contributed by atoms with Gasteiger partial charge in [0.25, 0.3) is 5.89 Å². The molecule has 1 atom stereocenters. The van der Waals surface area contributed by atoms with Gasteiger partial charge in [0.1, 0.15) is 0 Å². The summed E-state index contributed by atoms with van der Waals surface area (Å²) < 4.78 is 5.15. The molecule has 2 fully saturated rings. The van der Waals surface area contributed by atoms with Gasteiger partial charge in [-0.15, -0.1) is 0 Å². The third-order valence-corrected chi connectivity index (χ3v) is 5.38. The summed E-state index contributed by atoms with van der Waals surface area (Å²) in [5, 5.41) is 6.75. The number of benzene rings is 1. The quantitative estimate of drug-likeness (QED) is 0.915. The van der Waals surface area contributed by atoms with Crippen molar-refractivity contribution in [3.8, 4) is 11.5 Å². The Labute approximate surface area is 153 Å². The smallest absolute Gasteiger partial charge is 0.321 e. The number of nitrogens with one attached hydrogen (secondary N) is 1. The normalized spacial score (nSPS) is 21.5. The first-order valence-electron chi connectivity index (χ1n) is 9.32. The van der Waals surface area contributed by atoms with Gasteiger partial charge in [-0.05, 0) is 57.5 Å². The standard InChI is InChI=1S/C19H25N5O2/c1-13-5-3-4-10-24(13)17-11-23(12-17)19(25)21-16-8-6-15(7-9-16)18-20-14(2)22-26-18/h6-9,13,17H,3-5,10-12H2,1-2H3,(H,21,25)/t13-/m0/s1. The van der Waals surface area contributed by atoms with E-state index in [0.29, 0.717) is 23.8 Å². The molecule has 0 bridgehead atoms. The van der Waals surface area contributed by atoms with Crippen molar-refractivity contribution in [2.45, 2.75) is 45.2 Å². The molecule has 1 N–H and O–H groups in total. The molecule has 0 saturated carbocycles. The van der Waals surface area contributed by atoms with Crippen LogP contribution in [-0.4, -0.2) is 57.7 Å². The summed E-state index contributed by atoms with van der Waals surface area (Å²) in [4.78, 5) is 21.1. The molecule has 0 unspecified atom stereocenters. The number of likely N-dealkylation sites (tertiary alicyclic amines) is 2. The number of anilines is 1. The Morgan fingerprint density at radius 3 is 2.65 bits per heavy atom. The lowest BCUT2D eigenvalue weighted by molar-refractivity contribution is 0.0199. The third kappa shape index (κ3) is 3.44. The predicted molar refractivity (Wildman–Crippen MR) is 98.9 cm³/mol. The van der Waals surface area contributed by atoms with Crippen LogP contribution in [0.15, 0.2) is 28.8 Å². The number of amides is 2. The average molecular weight is 355 g/mol. The van der Waals surface area contributed by atoms with Crippen LogP contribution < -0.4 is 5.32 Å². The summed E-state index contributed by atoms with van der Waals surface area (Å²) in [7, 11) is 0. The molecule has 7 heteroatoms. The molecule has 3 heterocycles. The van der Waals surface area contributed by atoms with Crippen LogP contribution in [0.3, 0.4) is 0 Å². The van der Waals surface area contributed by atoms with Crippen LogP contribution in [0, 0.1) is 6.92 Å². The van der Waals surface area contributed by atoms with Gasteiger partial charge in [0.15, 0.2) is 5.82 Å². The highest BCUT2D eigenvalue weighted by molar-refractivity contribution is 5.90. The van der Waals surface area contributed by atoms with E-state index >= 15 is 0 Å². The van der Waals surface area contributed by atoms with Gasteiger partial charge in [0.05, 0.1) is 0 Å². The molecule has 2 aliphatic heterocycles. The first kappa shape index (κ1) is 17.0. The van der Waals surface area contributed by atoms with Gasteiger partial charge < -0.3 is 14.7 Å². The minimum Gasteiger partial charge on any atom is -0.334 e. The average Bonchev–Trinajstić information content (AvgIpc) is 3.02. The first-order chi connectivity index (χ1) is 12.6. The fourth-order valence-corrected chi connectivity index (χ4v) is 3.81. The zero-order valence-electron chi connectivity index (χ0n) is 15.3. The number of hydrogen-bond acceptors (Lipinski definition) is 5. The monoisotopic (exact) mass is 355 g/mol. The maximum absolute atomic E-state index is 12.4. The maximum Gasteiger partial charge on any atom is 0.321 e. The van der Waals surface area contributed by atoms with Crippen molar-refractivity contribution in [3.63, 3.8) is 0 Å². The van der Waals surface area contributed by atoms with Gasteiger partial charge in [-0.1, -0.05) is 11.6 Å². The molecule has 0 aliphatic carbocycles. The number of carbonyl (C=O) groups excluding carboxylic acids is 1. The lowest BCUT2D eigenvalue weighted by atomic mass is 9.98. The van der Waals surface area contributed by atoms with E-state index < -0.39 is 0 Å². The van der Waals surface area contributed by atoms with Crippen molar-refractivity contribution in [3.05, 3.63) is 30.1 Å². The van der Waals surface area contributed by atoms with Crippen molar-refractivity contribution >= 4 is 11.7 Å². The summed E-state index contributed by atoms with van der Waals surface area (Å²) >= 11 is 0.